The average Bonchev–Trinajstić information content (AvgIpc) is 3.36. The van der Waals surface area contributed by atoms with Gasteiger partial charge in [0.2, 0.25) is 0 Å². The van der Waals surface area contributed by atoms with Gasteiger partial charge in [-0.2, -0.15) is 0 Å². The highest BCUT2D eigenvalue weighted by molar-refractivity contribution is 14.0. The molecule has 0 amide bonds. The van der Waals surface area contributed by atoms with Crippen molar-refractivity contribution in [2.45, 2.75) is 70.6 Å². The molecule has 3 aliphatic heterocycles. The third-order valence-electron chi connectivity index (χ3n) is 7.47. The van der Waals surface area contributed by atoms with Crippen LogP contribution >= 0.6 is 24.0 Å². The van der Waals surface area contributed by atoms with E-state index in [9.17, 15) is 0 Å². The van der Waals surface area contributed by atoms with Gasteiger partial charge in [0.15, 0.2) is 5.96 Å². The van der Waals surface area contributed by atoms with E-state index in [2.05, 4.69) is 36.3 Å². The summed E-state index contributed by atoms with van der Waals surface area (Å²) in [5, 5.41) is 7.27. The zero-order valence-electron chi connectivity index (χ0n) is 17.8. The minimum absolute atomic E-state index is 0. The molecule has 3 atom stereocenters. The van der Waals surface area contributed by atoms with E-state index in [1.165, 1.54) is 32.4 Å². The van der Waals surface area contributed by atoms with Gasteiger partial charge < -0.3 is 20.1 Å². The maximum Gasteiger partial charge on any atom is 0.191 e. The fraction of sp³-hybridized carbons (Fsp3) is 0.952. The van der Waals surface area contributed by atoms with E-state index in [1.807, 2.05) is 0 Å². The van der Waals surface area contributed by atoms with Crippen LogP contribution in [-0.2, 0) is 9.47 Å². The van der Waals surface area contributed by atoms with E-state index >= 15 is 0 Å². The Morgan fingerprint density at radius 1 is 1.14 bits per heavy atom. The van der Waals surface area contributed by atoms with Crippen LogP contribution in [0.25, 0.3) is 0 Å². The third kappa shape index (κ3) is 4.18. The molecular weight excluding hydrogens is 467 g/mol. The Balaban J connectivity index is 0.00000225. The van der Waals surface area contributed by atoms with Gasteiger partial charge in [0.05, 0.1) is 12.6 Å². The molecule has 162 valence electrons. The van der Waals surface area contributed by atoms with Crippen molar-refractivity contribution in [3.05, 3.63) is 0 Å². The molecule has 28 heavy (non-hydrogen) atoms. The van der Waals surface area contributed by atoms with Gasteiger partial charge in [0.1, 0.15) is 0 Å². The van der Waals surface area contributed by atoms with Crippen LogP contribution in [0.1, 0.15) is 52.9 Å². The lowest BCUT2D eigenvalue weighted by molar-refractivity contribution is -0.106. The van der Waals surface area contributed by atoms with Gasteiger partial charge in [-0.1, -0.05) is 13.8 Å². The number of nitrogens with zero attached hydrogens (tertiary/aromatic N) is 2. The van der Waals surface area contributed by atoms with Gasteiger partial charge >= 0.3 is 0 Å². The summed E-state index contributed by atoms with van der Waals surface area (Å²) in [6, 6.07) is 0.445. The largest absolute Gasteiger partial charge is 0.381 e. The van der Waals surface area contributed by atoms with Crippen LogP contribution in [-0.4, -0.2) is 74.5 Å². The van der Waals surface area contributed by atoms with E-state index < -0.39 is 0 Å². The molecule has 4 rings (SSSR count). The van der Waals surface area contributed by atoms with Crippen LogP contribution < -0.4 is 10.6 Å². The molecule has 3 saturated heterocycles. The maximum absolute atomic E-state index is 5.96. The molecule has 1 aliphatic carbocycles. The van der Waals surface area contributed by atoms with Crippen molar-refractivity contribution < 1.29 is 9.47 Å². The van der Waals surface area contributed by atoms with Gasteiger partial charge in [0.25, 0.3) is 0 Å². The smallest absolute Gasteiger partial charge is 0.191 e. The summed E-state index contributed by atoms with van der Waals surface area (Å²) in [6.45, 7) is 13.6. The molecule has 7 heteroatoms. The van der Waals surface area contributed by atoms with Crippen LogP contribution in [0.15, 0.2) is 4.99 Å². The molecule has 1 saturated carbocycles. The first-order valence-electron chi connectivity index (χ1n) is 11.1. The molecule has 4 aliphatic rings. The monoisotopic (exact) mass is 506 g/mol. The van der Waals surface area contributed by atoms with Gasteiger partial charge in [0, 0.05) is 49.3 Å². The molecule has 6 nitrogen and oxygen atoms in total. The highest BCUT2D eigenvalue weighted by Gasteiger charge is 2.59. The SMILES string of the molecule is CCNC(=NCC1(N2CCCC2)CCOCC1)NC1C2CCOC2C1(C)C.I. The number of guanidine groups is 1. The van der Waals surface area contributed by atoms with Crippen molar-refractivity contribution in [3.8, 4) is 0 Å². The Morgan fingerprint density at radius 3 is 2.54 bits per heavy atom. The Bertz CT molecular complexity index is 545. The fourth-order valence-electron chi connectivity index (χ4n) is 5.83. The van der Waals surface area contributed by atoms with E-state index in [0.29, 0.717) is 18.1 Å². The van der Waals surface area contributed by atoms with Crippen molar-refractivity contribution in [2.24, 2.45) is 16.3 Å². The van der Waals surface area contributed by atoms with Gasteiger partial charge in [-0.15, -0.1) is 24.0 Å². The molecule has 0 aromatic carbocycles. The molecule has 0 spiro atoms. The third-order valence-corrected chi connectivity index (χ3v) is 7.47. The van der Waals surface area contributed by atoms with Crippen molar-refractivity contribution >= 4 is 29.9 Å². The van der Waals surface area contributed by atoms with Crippen molar-refractivity contribution in [3.63, 3.8) is 0 Å². The predicted molar refractivity (Wildman–Crippen MR) is 124 cm³/mol. The molecule has 4 fully saturated rings. The second-order valence-corrected chi connectivity index (χ2v) is 9.41. The molecule has 3 heterocycles. The van der Waals surface area contributed by atoms with E-state index in [4.69, 9.17) is 14.5 Å². The average molecular weight is 506 g/mol. The van der Waals surface area contributed by atoms with Crippen LogP contribution in [0, 0.1) is 11.3 Å². The minimum atomic E-state index is 0. The first-order valence-corrected chi connectivity index (χ1v) is 11.1. The van der Waals surface area contributed by atoms with Gasteiger partial charge in [-0.3, -0.25) is 9.89 Å². The first-order chi connectivity index (χ1) is 13.1. The summed E-state index contributed by atoms with van der Waals surface area (Å²) >= 11 is 0. The minimum Gasteiger partial charge on any atom is -0.381 e. The van der Waals surface area contributed by atoms with Crippen LogP contribution in [0.4, 0.5) is 0 Å². The standard InChI is InChI=1S/C21H38N4O2.HI/c1-4-22-19(24-17-16-7-12-27-18(16)20(17,2)3)23-15-21(8-13-26-14-9-21)25-10-5-6-11-25;/h16-18H,4-15H2,1-3H3,(H2,22,23,24);1H. The quantitative estimate of drug-likeness (QED) is 0.341. The van der Waals surface area contributed by atoms with Crippen LogP contribution in [0.3, 0.4) is 0 Å². The lowest BCUT2D eigenvalue weighted by Crippen LogP contribution is -2.68. The number of aliphatic imine (C=N–C) groups is 1. The Kier molecular flexibility index (Phi) is 7.53. The first kappa shape index (κ1) is 22.6. The fourth-order valence-corrected chi connectivity index (χ4v) is 5.83. The lowest BCUT2D eigenvalue weighted by Gasteiger charge is -2.55. The van der Waals surface area contributed by atoms with Gasteiger partial charge in [-0.05, 0) is 52.1 Å². The molecular formula is C21H39IN4O2. The van der Waals surface area contributed by atoms with E-state index in [-0.39, 0.29) is 34.9 Å². The van der Waals surface area contributed by atoms with E-state index in [1.54, 1.807) is 0 Å². The number of fused-ring (bicyclic) bond motifs is 1. The van der Waals surface area contributed by atoms with Crippen molar-refractivity contribution in [2.75, 3.05) is 46.0 Å². The molecule has 0 aromatic heterocycles. The zero-order chi connectivity index (χ0) is 18.9. The predicted octanol–water partition coefficient (Wildman–Crippen LogP) is 2.62. The molecule has 2 N–H and O–H groups in total. The number of nitrogens with one attached hydrogen (secondary N) is 2. The summed E-state index contributed by atoms with van der Waals surface area (Å²) in [5.41, 5.74) is 0.355. The second kappa shape index (κ2) is 9.35. The van der Waals surface area contributed by atoms with Crippen LogP contribution in [0.2, 0.25) is 0 Å². The number of hydrogen-bond donors (Lipinski definition) is 2. The Morgan fingerprint density at radius 2 is 1.86 bits per heavy atom. The number of ether oxygens (including phenoxy) is 2. The number of rotatable bonds is 5. The Hall–Kier alpha value is -0.120. The number of likely N-dealkylation sites (tertiary alicyclic amines) is 1. The summed E-state index contributed by atoms with van der Waals surface area (Å²) < 4.78 is 11.6. The summed E-state index contributed by atoms with van der Waals surface area (Å²) in [6.07, 6.45) is 6.42. The second-order valence-electron chi connectivity index (χ2n) is 9.41. The van der Waals surface area contributed by atoms with Crippen molar-refractivity contribution in [1.82, 2.24) is 15.5 Å². The summed E-state index contributed by atoms with van der Waals surface area (Å²) in [5.74, 6) is 1.60. The summed E-state index contributed by atoms with van der Waals surface area (Å²) in [7, 11) is 0. The lowest BCUT2D eigenvalue weighted by atomic mass is 9.57. The molecule has 0 radical (unpaired) electrons. The van der Waals surface area contributed by atoms with Gasteiger partial charge in [-0.25, -0.2) is 0 Å². The highest BCUT2D eigenvalue weighted by atomic mass is 127. The zero-order valence-corrected chi connectivity index (χ0v) is 20.2. The van der Waals surface area contributed by atoms with E-state index in [0.717, 1.165) is 51.7 Å². The maximum atomic E-state index is 5.96. The normalized spacial score (nSPS) is 34.2. The highest BCUT2D eigenvalue weighted by Crippen LogP contribution is 2.52. The number of halogens is 1. The summed E-state index contributed by atoms with van der Waals surface area (Å²) in [4.78, 5) is 7.80. The van der Waals surface area contributed by atoms with Crippen LogP contribution in [0.5, 0.6) is 0 Å². The Labute approximate surface area is 187 Å². The molecule has 0 aromatic rings. The molecule has 0 bridgehead atoms. The number of hydrogen-bond acceptors (Lipinski definition) is 4. The van der Waals surface area contributed by atoms with Crippen molar-refractivity contribution in [1.29, 1.82) is 0 Å². The molecule has 3 unspecified atom stereocenters. The topological polar surface area (TPSA) is 58.1 Å².